The number of benzene rings is 2. The second-order valence-electron chi connectivity index (χ2n) is 7.14. The molecule has 3 heteroatoms. The average Bonchev–Trinajstić information content (AvgIpc) is 3.00. The summed E-state index contributed by atoms with van der Waals surface area (Å²) in [5.41, 5.74) is 1.96. The van der Waals surface area contributed by atoms with Crippen LogP contribution in [0, 0.1) is 5.41 Å². The molecule has 24 heavy (non-hydrogen) atoms. The third kappa shape index (κ3) is 3.85. The summed E-state index contributed by atoms with van der Waals surface area (Å²) in [5, 5.41) is 9.53. The van der Waals surface area contributed by atoms with Crippen molar-refractivity contribution < 1.29 is 9.90 Å². The smallest absolute Gasteiger partial charge is 0.309 e. The molecule has 0 radical (unpaired) electrons. The minimum absolute atomic E-state index is 0.312. The number of carboxylic acids is 1. The van der Waals surface area contributed by atoms with Crippen molar-refractivity contribution in [2.75, 3.05) is 0 Å². The van der Waals surface area contributed by atoms with Gasteiger partial charge in [-0.2, -0.15) is 0 Å². The Hall–Kier alpha value is -2.13. The number of nitrogens with zero attached hydrogens (tertiary/aromatic N) is 1. The van der Waals surface area contributed by atoms with E-state index in [4.69, 9.17) is 0 Å². The Labute approximate surface area is 143 Å². The van der Waals surface area contributed by atoms with Crippen LogP contribution in [-0.2, 0) is 17.9 Å². The molecule has 1 aliphatic carbocycles. The lowest BCUT2D eigenvalue weighted by Gasteiger charge is -2.30. The van der Waals surface area contributed by atoms with Crippen LogP contribution in [0.4, 0.5) is 0 Å². The number of carbonyl (C=O) groups is 1. The van der Waals surface area contributed by atoms with Gasteiger partial charge < -0.3 is 5.11 Å². The lowest BCUT2D eigenvalue weighted by Crippen LogP contribution is -2.34. The van der Waals surface area contributed by atoms with Crippen LogP contribution < -0.4 is 0 Å². The van der Waals surface area contributed by atoms with Gasteiger partial charge in [-0.25, -0.2) is 0 Å². The summed E-state index contributed by atoms with van der Waals surface area (Å²) in [7, 11) is 0. The maximum absolute atomic E-state index is 11.6. The lowest BCUT2D eigenvalue weighted by atomic mass is 9.89. The maximum atomic E-state index is 11.6. The van der Waals surface area contributed by atoms with Crippen molar-refractivity contribution in [3.05, 3.63) is 71.8 Å². The van der Waals surface area contributed by atoms with E-state index >= 15 is 0 Å². The Kier molecular flexibility index (Phi) is 5.00. The van der Waals surface area contributed by atoms with Crippen molar-refractivity contribution in [3.63, 3.8) is 0 Å². The molecule has 0 aliphatic heterocycles. The average molecular weight is 323 g/mol. The first-order valence-electron chi connectivity index (χ1n) is 8.62. The van der Waals surface area contributed by atoms with Crippen LogP contribution in [0.1, 0.15) is 37.3 Å². The first-order valence-corrected chi connectivity index (χ1v) is 8.62. The fraction of sp³-hybridized carbons (Fsp3) is 0.381. The molecule has 3 rings (SSSR count). The minimum atomic E-state index is -0.663. The van der Waals surface area contributed by atoms with Gasteiger partial charge in [0.25, 0.3) is 0 Å². The highest BCUT2D eigenvalue weighted by Gasteiger charge is 2.43. The van der Waals surface area contributed by atoms with Gasteiger partial charge in [0.05, 0.1) is 5.41 Å². The van der Waals surface area contributed by atoms with Crippen LogP contribution in [0.3, 0.4) is 0 Å². The minimum Gasteiger partial charge on any atom is -0.481 e. The molecule has 0 heterocycles. The Balaban J connectivity index is 1.78. The first kappa shape index (κ1) is 16.7. The molecule has 2 aromatic rings. The van der Waals surface area contributed by atoms with Gasteiger partial charge in [-0.05, 0) is 37.3 Å². The van der Waals surface area contributed by atoms with Crippen LogP contribution >= 0.6 is 0 Å². The normalized spacial score (nSPS) is 23.5. The summed E-state index contributed by atoms with van der Waals surface area (Å²) in [6, 6.07) is 21.2. The van der Waals surface area contributed by atoms with Crippen LogP contribution in [0.2, 0.25) is 0 Å². The fourth-order valence-electron chi connectivity index (χ4n) is 3.67. The number of aliphatic carboxylic acids is 1. The molecule has 0 spiro atoms. The Morgan fingerprint density at radius 3 is 1.96 bits per heavy atom. The van der Waals surface area contributed by atoms with Crippen molar-refractivity contribution in [2.45, 2.75) is 45.3 Å². The van der Waals surface area contributed by atoms with Crippen molar-refractivity contribution in [2.24, 2.45) is 5.41 Å². The first-order chi connectivity index (χ1) is 11.6. The van der Waals surface area contributed by atoms with Gasteiger partial charge in [0.2, 0.25) is 0 Å². The molecule has 2 unspecified atom stereocenters. The summed E-state index contributed by atoms with van der Waals surface area (Å²) in [5.74, 6) is -0.663. The van der Waals surface area contributed by atoms with Crippen LogP contribution in [0.25, 0.3) is 0 Å². The Bertz CT molecular complexity index is 629. The number of rotatable bonds is 6. The zero-order valence-electron chi connectivity index (χ0n) is 14.2. The predicted octanol–water partition coefficient (Wildman–Crippen LogP) is 4.33. The van der Waals surface area contributed by atoms with Gasteiger partial charge in [-0.1, -0.05) is 60.7 Å². The zero-order valence-corrected chi connectivity index (χ0v) is 14.2. The van der Waals surface area contributed by atoms with Gasteiger partial charge in [0.1, 0.15) is 0 Å². The van der Waals surface area contributed by atoms with E-state index in [0.29, 0.717) is 6.04 Å². The molecule has 126 valence electrons. The Morgan fingerprint density at radius 1 is 1.04 bits per heavy atom. The molecule has 1 fully saturated rings. The zero-order chi connectivity index (χ0) is 17.0. The predicted molar refractivity (Wildman–Crippen MR) is 95.5 cm³/mol. The van der Waals surface area contributed by atoms with E-state index in [0.717, 1.165) is 32.4 Å². The van der Waals surface area contributed by atoms with E-state index in [1.54, 1.807) is 0 Å². The molecule has 2 aromatic carbocycles. The van der Waals surface area contributed by atoms with Crippen LogP contribution in [0.15, 0.2) is 60.7 Å². The molecule has 1 saturated carbocycles. The summed E-state index contributed by atoms with van der Waals surface area (Å²) >= 11 is 0. The monoisotopic (exact) mass is 323 g/mol. The molecule has 0 saturated heterocycles. The second kappa shape index (κ2) is 7.18. The molecule has 0 bridgehead atoms. The van der Waals surface area contributed by atoms with Gasteiger partial charge in [0.15, 0.2) is 0 Å². The molecule has 3 nitrogen and oxygen atoms in total. The van der Waals surface area contributed by atoms with E-state index < -0.39 is 11.4 Å². The largest absolute Gasteiger partial charge is 0.481 e. The maximum Gasteiger partial charge on any atom is 0.309 e. The second-order valence-corrected chi connectivity index (χ2v) is 7.14. The topological polar surface area (TPSA) is 40.5 Å². The molecule has 0 aromatic heterocycles. The highest BCUT2D eigenvalue weighted by Crippen LogP contribution is 2.41. The quantitative estimate of drug-likeness (QED) is 0.860. The van der Waals surface area contributed by atoms with E-state index in [-0.39, 0.29) is 0 Å². The third-order valence-corrected chi connectivity index (χ3v) is 5.21. The molecule has 0 amide bonds. The van der Waals surface area contributed by atoms with Crippen molar-refractivity contribution in [3.8, 4) is 0 Å². The lowest BCUT2D eigenvalue weighted by molar-refractivity contribution is -0.147. The number of hydrogen-bond acceptors (Lipinski definition) is 2. The molecule has 2 atom stereocenters. The molecule has 1 N–H and O–H groups in total. The van der Waals surface area contributed by atoms with Gasteiger partial charge in [0, 0.05) is 19.1 Å². The van der Waals surface area contributed by atoms with E-state index in [1.807, 2.05) is 19.1 Å². The summed E-state index contributed by atoms with van der Waals surface area (Å²) < 4.78 is 0. The van der Waals surface area contributed by atoms with Crippen molar-refractivity contribution in [1.29, 1.82) is 0 Å². The molecular weight excluding hydrogens is 298 g/mol. The van der Waals surface area contributed by atoms with Crippen molar-refractivity contribution in [1.82, 2.24) is 4.90 Å². The van der Waals surface area contributed by atoms with Gasteiger partial charge in [-0.15, -0.1) is 0 Å². The van der Waals surface area contributed by atoms with E-state index in [1.165, 1.54) is 11.1 Å². The van der Waals surface area contributed by atoms with E-state index in [2.05, 4.69) is 53.4 Å². The highest BCUT2D eigenvalue weighted by molar-refractivity contribution is 5.74. The fourth-order valence-corrected chi connectivity index (χ4v) is 3.67. The van der Waals surface area contributed by atoms with Crippen LogP contribution in [-0.4, -0.2) is 22.0 Å². The Morgan fingerprint density at radius 2 is 1.54 bits per heavy atom. The van der Waals surface area contributed by atoms with Crippen LogP contribution in [0.5, 0.6) is 0 Å². The standard InChI is InChI=1S/C21H25NO2/c1-21(20(23)24)13-12-19(14-21)22(15-17-8-4-2-5-9-17)16-18-10-6-3-7-11-18/h2-11,19H,12-16H2,1H3,(H,23,24). The summed E-state index contributed by atoms with van der Waals surface area (Å²) in [6.45, 7) is 3.60. The summed E-state index contributed by atoms with van der Waals surface area (Å²) in [6.07, 6.45) is 2.43. The van der Waals surface area contributed by atoms with Crippen molar-refractivity contribution >= 4 is 5.97 Å². The molecule has 1 aliphatic rings. The number of carboxylic acid groups (broad SMARTS) is 1. The molecular formula is C21H25NO2. The van der Waals surface area contributed by atoms with Gasteiger partial charge >= 0.3 is 5.97 Å². The van der Waals surface area contributed by atoms with E-state index in [9.17, 15) is 9.90 Å². The highest BCUT2D eigenvalue weighted by atomic mass is 16.4. The number of hydrogen-bond donors (Lipinski definition) is 1. The third-order valence-electron chi connectivity index (χ3n) is 5.21. The van der Waals surface area contributed by atoms with Gasteiger partial charge in [-0.3, -0.25) is 9.69 Å². The summed E-state index contributed by atoms with van der Waals surface area (Å²) in [4.78, 5) is 14.0. The SMILES string of the molecule is CC1(C(=O)O)CCC(N(Cc2ccccc2)Cc2ccccc2)C1.